The number of nitrogens with zero attached hydrogens (tertiary/aromatic N) is 3. The van der Waals surface area contributed by atoms with Gasteiger partial charge in [-0.05, 0) is 36.8 Å². The van der Waals surface area contributed by atoms with Gasteiger partial charge in [-0.15, -0.1) is 0 Å². The summed E-state index contributed by atoms with van der Waals surface area (Å²) in [5, 5.41) is 9.90. The van der Waals surface area contributed by atoms with Crippen molar-refractivity contribution < 1.29 is 4.74 Å². The molecule has 0 unspecified atom stereocenters. The molecular formula is C17H13N3O. The van der Waals surface area contributed by atoms with Crippen molar-refractivity contribution in [3.63, 3.8) is 0 Å². The molecule has 1 aromatic carbocycles. The van der Waals surface area contributed by atoms with Gasteiger partial charge in [0, 0.05) is 17.3 Å². The highest BCUT2D eigenvalue weighted by atomic mass is 16.5. The molecule has 0 saturated heterocycles. The van der Waals surface area contributed by atoms with E-state index in [2.05, 4.69) is 9.97 Å². The lowest BCUT2D eigenvalue weighted by Crippen LogP contribution is -1.98. The van der Waals surface area contributed by atoms with E-state index in [1.165, 1.54) is 0 Å². The number of hydrogen-bond acceptors (Lipinski definition) is 4. The molecule has 4 heteroatoms. The van der Waals surface area contributed by atoms with Crippen LogP contribution in [-0.4, -0.2) is 9.97 Å². The molecule has 0 bridgehead atoms. The number of ether oxygens (including phenoxy) is 1. The van der Waals surface area contributed by atoms with Crippen LogP contribution in [0.1, 0.15) is 17.0 Å². The van der Waals surface area contributed by atoms with Crippen LogP contribution in [0.3, 0.4) is 0 Å². The van der Waals surface area contributed by atoms with Crippen LogP contribution < -0.4 is 4.74 Å². The van der Waals surface area contributed by atoms with Gasteiger partial charge in [0.05, 0.1) is 0 Å². The zero-order chi connectivity index (χ0) is 14.7. The first-order valence-corrected chi connectivity index (χ1v) is 6.60. The number of pyridine rings is 2. The van der Waals surface area contributed by atoms with Gasteiger partial charge in [-0.3, -0.25) is 0 Å². The first kappa shape index (κ1) is 13.1. The Kier molecular flexibility index (Phi) is 3.48. The van der Waals surface area contributed by atoms with Crippen LogP contribution in [0.2, 0.25) is 0 Å². The summed E-state index contributed by atoms with van der Waals surface area (Å²) in [6.07, 6.45) is 1.61. The Morgan fingerprint density at radius 1 is 1.19 bits per heavy atom. The molecule has 0 atom stereocenters. The van der Waals surface area contributed by atoms with Gasteiger partial charge in [0.1, 0.15) is 29.6 Å². The van der Waals surface area contributed by atoms with Gasteiger partial charge < -0.3 is 4.74 Å². The minimum Gasteiger partial charge on any atom is -0.487 e. The number of fused-ring (bicyclic) bond motifs is 1. The van der Waals surface area contributed by atoms with E-state index in [4.69, 9.17) is 10.00 Å². The van der Waals surface area contributed by atoms with Crippen molar-refractivity contribution in [2.75, 3.05) is 0 Å². The van der Waals surface area contributed by atoms with E-state index >= 15 is 0 Å². The van der Waals surface area contributed by atoms with Crippen LogP contribution in [0.15, 0.2) is 48.7 Å². The largest absolute Gasteiger partial charge is 0.487 e. The molecule has 3 rings (SSSR count). The van der Waals surface area contributed by atoms with Crippen LogP contribution in [0.4, 0.5) is 0 Å². The van der Waals surface area contributed by atoms with Gasteiger partial charge in [-0.2, -0.15) is 5.26 Å². The highest BCUT2D eigenvalue weighted by molar-refractivity contribution is 5.84. The summed E-state index contributed by atoms with van der Waals surface area (Å²) in [5.41, 5.74) is 3.11. The molecule has 2 aromatic heterocycles. The summed E-state index contributed by atoms with van der Waals surface area (Å²) in [6.45, 7) is 2.34. The molecule has 0 aliphatic heterocycles. The van der Waals surface area contributed by atoms with Crippen molar-refractivity contribution in [1.82, 2.24) is 9.97 Å². The quantitative estimate of drug-likeness (QED) is 0.735. The number of rotatable bonds is 3. The SMILES string of the molecule is Cc1ccc2cccc(OCc3ccnc(C#N)c3)c2n1. The van der Waals surface area contributed by atoms with E-state index in [1.807, 2.05) is 49.4 Å². The van der Waals surface area contributed by atoms with Crippen LogP contribution in [0.5, 0.6) is 5.75 Å². The molecule has 0 spiro atoms. The maximum atomic E-state index is 8.86. The van der Waals surface area contributed by atoms with E-state index in [0.29, 0.717) is 12.3 Å². The topological polar surface area (TPSA) is 58.8 Å². The number of aromatic nitrogens is 2. The predicted molar refractivity (Wildman–Crippen MR) is 79.8 cm³/mol. The van der Waals surface area contributed by atoms with Crippen molar-refractivity contribution in [1.29, 1.82) is 5.26 Å². The molecule has 0 N–H and O–H groups in total. The van der Waals surface area contributed by atoms with Gasteiger partial charge in [-0.25, -0.2) is 9.97 Å². The van der Waals surface area contributed by atoms with Crippen LogP contribution in [-0.2, 0) is 6.61 Å². The van der Waals surface area contributed by atoms with Crippen molar-refractivity contribution in [2.24, 2.45) is 0 Å². The van der Waals surface area contributed by atoms with Gasteiger partial charge >= 0.3 is 0 Å². The zero-order valence-electron chi connectivity index (χ0n) is 11.6. The first-order chi connectivity index (χ1) is 10.3. The fourth-order valence-corrected chi connectivity index (χ4v) is 2.12. The second-order valence-electron chi connectivity index (χ2n) is 4.73. The van der Waals surface area contributed by atoms with Crippen LogP contribution in [0, 0.1) is 18.3 Å². The third-order valence-electron chi connectivity index (χ3n) is 3.16. The average molecular weight is 275 g/mol. The lowest BCUT2D eigenvalue weighted by Gasteiger charge is -2.09. The fraction of sp³-hybridized carbons (Fsp3) is 0.118. The summed E-state index contributed by atoms with van der Waals surface area (Å²) >= 11 is 0. The second kappa shape index (κ2) is 5.59. The van der Waals surface area contributed by atoms with E-state index < -0.39 is 0 Å². The van der Waals surface area contributed by atoms with E-state index in [9.17, 15) is 0 Å². The lowest BCUT2D eigenvalue weighted by atomic mass is 10.2. The predicted octanol–water partition coefficient (Wildman–Crippen LogP) is 3.39. The Bertz CT molecular complexity index is 837. The summed E-state index contributed by atoms with van der Waals surface area (Å²) < 4.78 is 5.86. The minimum absolute atomic E-state index is 0.381. The van der Waals surface area contributed by atoms with Crippen molar-refractivity contribution in [3.05, 3.63) is 65.6 Å². The minimum atomic E-state index is 0.381. The lowest BCUT2D eigenvalue weighted by molar-refractivity contribution is 0.309. The second-order valence-corrected chi connectivity index (χ2v) is 4.73. The van der Waals surface area contributed by atoms with E-state index in [-0.39, 0.29) is 0 Å². The molecule has 102 valence electrons. The standard InChI is InChI=1S/C17H13N3O/c1-12-5-6-14-3-2-4-16(17(14)20-12)21-11-13-7-8-19-15(9-13)10-18/h2-9H,11H2,1H3. The molecule has 2 heterocycles. The van der Waals surface area contributed by atoms with Gasteiger partial charge in [0.2, 0.25) is 0 Å². The number of hydrogen-bond donors (Lipinski definition) is 0. The number of aryl methyl sites for hydroxylation is 1. The molecule has 21 heavy (non-hydrogen) atoms. The Morgan fingerprint density at radius 2 is 2.10 bits per heavy atom. The van der Waals surface area contributed by atoms with E-state index in [0.717, 1.165) is 27.9 Å². The summed E-state index contributed by atoms with van der Waals surface area (Å²) in [7, 11) is 0. The zero-order valence-corrected chi connectivity index (χ0v) is 11.6. The summed E-state index contributed by atoms with van der Waals surface area (Å²) in [5.74, 6) is 0.742. The van der Waals surface area contributed by atoms with Crippen molar-refractivity contribution in [2.45, 2.75) is 13.5 Å². The normalized spacial score (nSPS) is 10.3. The van der Waals surface area contributed by atoms with Gasteiger partial charge in [-0.1, -0.05) is 18.2 Å². The maximum Gasteiger partial charge on any atom is 0.146 e. The first-order valence-electron chi connectivity index (χ1n) is 6.60. The fourth-order valence-electron chi connectivity index (χ4n) is 2.12. The molecule has 0 aliphatic rings. The molecular weight excluding hydrogens is 262 g/mol. The molecule has 0 radical (unpaired) electrons. The van der Waals surface area contributed by atoms with Crippen molar-refractivity contribution in [3.8, 4) is 11.8 Å². The highest BCUT2D eigenvalue weighted by Crippen LogP contribution is 2.24. The monoisotopic (exact) mass is 275 g/mol. The number of para-hydroxylation sites is 1. The van der Waals surface area contributed by atoms with Crippen molar-refractivity contribution >= 4 is 10.9 Å². The smallest absolute Gasteiger partial charge is 0.146 e. The number of nitriles is 1. The molecule has 0 aliphatic carbocycles. The Balaban J connectivity index is 1.88. The molecule has 0 fully saturated rings. The summed E-state index contributed by atoms with van der Waals surface area (Å²) in [4.78, 5) is 8.48. The Labute approximate surface area is 122 Å². The Morgan fingerprint density at radius 3 is 2.95 bits per heavy atom. The molecule has 3 aromatic rings. The summed E-state index contributed by atoms with van der Waals surface area (Å²) in [6, 6.07) is 15.5. The number of benzene rings is 1. The van der Waals surface area contributed by atoms with Crippen LogP contribution in [0.25, 0.3) is 10.9 Å². The Hall–Kier alpha value is -2.93. The molecule has 4 nitrogen and oxygen atoms in total. The third kappa shape index (κ3) is 2.82. The van der Waals surface area contributed by atoms with Gasteiger partial charge in [0.15, 0.2) is 0 Å². The highest BCUT2D eigenvalue weighted by Gasteiger charge is 2.05. The average Bonchev–Trinajstić information content (AvgIpc) is 2.53. The molecule has 0 saturated carbocycles. The maximum absolute atomic E-state index is 8.86. The third-order valence-corrected chi connectivity index (χ3v) is 3.16. The molecule has 0 amide bonds. The van der Waals surface area contributed by atoms with Gasteiger partial charge in [0.25, 0.3) is 0 Å². The van der Waals surface area contributed by atoms with E-state index in [1.54, 1.807) is 12.3 Å². The van der Waals surface area contributed by atoms with Crippen LogP contribution >= 0.6 is 0 Å².